The Balaban J connectivity index is 1.65. The number of hydrogen-bond donors (Lipinski definition) is 1. The molecule has 1 aromatic heterocycles. The van der Waals surface area contributed by atoms with Crippen LogP contribution in [-0.4, -0.2) is 17.5 Å². The van der Waals surface area contributed by atoms with E-state index in [1.807, 2.05) is 0 Å². The zero-order chi connectivity index (χ0) is 13.9. The molecule has 20 heavy (non-hydrogen) atoms. The van der Waals surface area contributed by atoms with E-state index in [-0.39, 0.29) is 6.04 Å². The average Bonchev–Trinajstić information content (AvgIpc) is 3.17. The predicted molar refractivity (Wildman–Crippen MR) is 85.9 cm³/mol. The van der Waals surface area contributed by atoms with Gasteiger partial charge in [-0.3, -0.25) is 4.90 Å². The Hall–Kier alpha value is -1.16. The van der Waals surface area contributed by atoms with Crippen LogP contribution in [0.25, 0.3) is 0 Å². The van der Waals surface area contributed by atoms with Gasteiger partial charge in [0, 0.05) is 25.2 Å². The standard InChI is InChI=1S/C17H22N2S/c1-13-2-4-15(5-3-13)17(18)11-19(16-6-7-16)10-14-8-9-20-12-14/h2-5,8-9,12,16-17H,6-7,10-11,18H2,1H3. The first-order chi connectivity index (χ1) is 9.72. The van der Waals surface area contributed by atoms with Crippen LogP contribution in [0.3, 0.4) is 0 Å². The van der Waals surface area contributed by atoms with E-state index in [4.69, 9.17) is 5.73 Å². The van der Waals surface area contributed by atoms with Crippen LogP contribution < -0.4 is 5.73 Å². The molecule has 0 bridgehead atoms. The molecule has 1 aromatic carbocycles. The number of nitrogens with two attached hydrogens (primary N) is 1. The monoisotopic (exact) mass is 286 g/mol. The number of benzene rings is 1. The lowest BCUT2D eigenvalue weighted by Crippen LogP contribution is -2.33. The molecule has 0 amide bonds. The smallest absolute Gasteiger partial charge is 0.0424 e. The SMILES string of the molecule is Cc1ccc(C(N)CN(Cc2ccsc2)C2CC2)cc1. The highest BCUT2D eigenvalue weighted by atomic mass is 32.1. The Morgan fingerprint density at radius 2 is 2.00 bits per heavy atom. The average molecular weight is 286 g/mol. The molecule has 2 N–H and O–H groups in total. The third-order valence-electron chi connectivity index (χ3n) is 3.97. The summed E-state index contributed by atoms with van der Waals surface area (Å²) >= 11 is 1.77. The molecule has 0 spiro atoms. The molecular formula is C17H22N2S. The van der Waals surface area contributed by atoms with Crippen molar-refractivity contribution in [3.63, 3.8) is 0 Å². The van der Waals surface area contributed by atoms with Gasteiger partial charge >= 0.3 is 0 Å². The lowest BCUT2D eigenvalue weighted by Gasteiger charge is -2.25. The lowest BCUT2D eigenvalue weighted by molar-refractivity contribution is 0.239. The van der Waals surface area contributed by atoms with Crippen LogP contribution in [0.2, 0.25) is 0 Å². The van der Waals surface area contributed by atoms with Gasteiger partial charge in [0.05, 0.1) is 0 Å². The highest BCUT2D eigenvalue weighted by molar-refractivity contribution is 7.07. The Morgan fingerprint density at radius 1 is 1.25 bits per heavy atom. The predicted octanol–water partition coefficient (Wildman–Crippen LogP) is 3.72. The molecule has 2 nitrogen and oxygen atoms in total. The largest absolute Gasteiger partial charge is 0.323 e. The molecule has 0 saturated heterocycles. The summed E-state index contributed by atoms with van der Waals surface area (Å²) in [7, 11) is 0. The van der Waals surface area contributed by atoms with Crippen molar-refractivity contribution < 1.29 is 0 Å². The van der Waals surface area contributed by atoms with Gasteiger partial charge in [0.25, 0.3) is 0 Å². The summed E-state index contributed by atoms with van der Waals surface area (Å²) in [5.41, 5.74) is 10.3. The second-order valence-corrected chi connectivity index (χ2v) is 6.59. The Kier molecular flexibility index (Phi) is 4.20. The van der Waals surface area contributed by atoms with Gasteiger partial charge in [0.2, 0.25) is 0 Å². The first-order valence-corrected chi connectivity index (χ1v) is 8.24. The maximum absolute atomic E-state index is 6.40. The molecule has 1 fully saturated rings. The molecule has 3 heteroatoms. The van der Waals surface area contributed by atoms with E-state index >= 15 is 0 Å². The molecule has 1 heterocycles. The van der Waals surface area contributed by atoms with E-state index in [9.17, 15) is 0 Å². The van der Waals surface area contributed by atoms with Gasteiger partial charge in [-0.05, 0) is 47.7 Å². The molecule has 106 valence electrons. The van der Waals surface area contributed by atoms with Gasteiger partial charge in [-0.1, -0.05) is 29.8 Å². The summed E-state index contributed by atoms with van der Waals surface area (Å²) in [4.78, 5) is 2.55. The zero-order valence-corrected chi connectivity index (χ0v) is 12.8. The summed E-state index contributed by atoms with van der Waals surface area (Å²) < 4.78 is 0. The Bertz CT molecular complexity index is 529. The van der Waals surface area contributed by atoms with Gasteiger partial charge in [-0.15, -0.1) is 0 Å². The zero-order valence-electron chi connectivity index (χ0n) is 12.0. The number of thiophene rings is 1. The molecular weight excluding hydrogens is 264 g/mol. The fraction of sp³-hybridized carbons (Fsp3) is 0.412. The van der Waals surface area contributed by atoms with Crippen LogP contribution >= 0.6 is 11.3 Å². The van der Waals surface area contributed by atoms with Crippen molar-refractivity contribution in [2.24, 2.45) is 5.73 Å². The van der Waals surface area contributed by atoms with E-state index in [1.54, 1.807) is 11.3 Å². The molecule has 1 aliphatic carbocycles. The van der Waals surface area contributed by atoms with E-state index in [0.717, 1.165) is 19.1 Å². The molecule has 0 radical (unpaired) electrons. The van der Waals surface area contributed by atoms with Gasteiger partial charge in [-0.25, -0.2) is 0 Å². The van der Waals surface area contributed by atoms with Crippen molar-refractivity contribution in [1.82, 2.24) is 4.90 Å². The topological polar surface area (TPSA) is 29.3 Å². The molecule has 3 rings (SSSR count). The fourth-order valence-electron chi connectivity index (χ4n) is 2.57. The van der Waals surface area contributed by atoms with Crippen molar-refractivity contribution in [2.75, 3.05) is 6.54 Å². The lowest BCUT2D eigenvalue weighted by atomic mass is 10.1. The Labute approximate surface area is 125 Å². The minimum Gasteiger partial charge on any atom is -0.323 e. The summed E-state index contributed by atoms with van der Waals surface area (Å²) in [5.74, 6) is 0. The van der Waals surface area contributed by atoms with Crippen molar-refractivity contribution in [1.29, 1.82) is 0 Å². The van der Waals surface area contributed by atoms with E-state index in [2.05, 4.69) is 52.9 Å². The van der Waals surface area contributed by atoms with Crippen LogP contribution in [0.5, 0.6) is 0 Å². The summed E-state index contributed by atoms with van der Waals surface area (Å²) in [6.07, 6.45) is 2.65. The molecule has 0 aliphatic heterocycles. The van der Waals surface area contributed by atoms with Gasteiger partial charge in [0.1, 0.15) is 0 Å². The first kappa shape index (κ1) is 13.8. The van der Waals surface area contributed by atoms with Crippen molar-refractivity contribution in [2.45, 2.75) is 38.4 Å². The highest BCUT2D eigenvalue weighted by Gasteiger charge is 2.30. The normalized spacial score (nSPS) is 16.6. The van der Waals surface area contributed by atoms with E-state index < -0.39 is 0 Å². The fourth-order valence-corrected chi connectivity index (χ4v) is 3.23. The van der Waals surface area contributed by atoms with Crippen LogP contribution in [0.15, 0.2) is 41.1 Å². The van der Waals surface area contributed by atoms with E-state index in [1.165, 1.54) is 29.5 Å². The molecule has 1 unspecified atom stereocenters. The number of rotatable bonds is 6. The molecule has 2 aromatic rings. The third-order valence-corrected chi connectivity index (χ3v) is 4.70. The van der Waals surface area contributed by atoms with E-state index in [0.29, 0.717) is 0 Å². The van der Waals surface area contributed by atoms with Crippen molar-refractivity contribution >= 4 is 11.3 Å². The number of nitrogens with zero attached hydrogens (tertiary/aromatic N) is 1. The summed E-state index contributed by atoms with van der Waals surface area (Å²) in [5, 5.41) is 4.40. The second kappa shape index (κ2) is 6.08. The highest BCUT2D eigenvalue weighted by Crippen LogP contribution is 2.30. The van der Waals surface area contributed by atoms with Crippen LogP contribution in [-0.2, 0) is 6.54 Å². The van der Waals surface area contributed by atoms with Crippen LogP contribution in [0, 0.1) is 6.92 Å². The van der Waals surface area contributed by atoms with Gasteiger partial charge in [0.15, 0.2) is 0 Å². The van der Waals surface area contributed by atoms with Gasteiger partial charge < -0.3 is 5.73 Å². The second-order valence-electron chi connectivity index (χ2n) is 5.81. The minimum atomic E-state index is 0.106. The third kappa shape index (κ3) is 3.48. The molecule has 1 atom stereocenters. The number of hydrogen-bond acceptors (Lipinski definition) is 3. The van der Waals surface area contributed by atoms with Gasteiger partial charge in [-0.2, -0.15) is 11.3 Å². The maximum Gasteiger partial charge on any atom is 0.0424 e. The Morgan fingerprint density at radius 3 is 2.60 bits per heavy atom. The first-order valence-electron chi connectivity index (χ1n) is 7.29. The summed E-state index contributed by atoms with van der Waals surface area (Å²) in [6, 6.07) is 11.7. The quantitative estimate of drug-likeness (QED) is 0.877. The van der Waals surface area contributed by atoms with Crippen LogP contribution in [0.4, 0.5) is 0 Å². The molecule has 1 aliphatic rings. The summed E-state index contributed by atoms with van der Waals surface area (Å²) in [6.45, 7) is 4.10. The minimum absolute atomic E-state index is 0.106. The van der Waals surface area contributed by atoms with Crippen molar-refractivity contribution in [3.8, 4) is 0 Å². The number of aryl methyl sites for hydroxylation is 1. The van der Waals surface area contributed by atoms with Crippen LogP contribution in [0.1, 0.15) is 35.6 Å². The molecule has 1 saturated carbocycles. The van der Waals surface area contributed by atoms with Crippen molar-refractivity contribution in [3.05, 3.63) is 57.8 Å². The maximum atomic E-state index is 6.40.